The third-order valence-electron chi connectivity index (χ3n) is 8.21. The second kappa shape index (κ2) is 10.5. The SMILES string of the molecule is C#Cc1c(/C=C\C)c(C2=CCCC=C2)c(/C=C\C)c(CC)c1C1=c2c([nH]c3c2ccc2ccccc23)=CCC1. The number of benzene rings is 3. The molecule has 1 N–H and O–H groups in total. The zero-order chi connectivity index (χ0) is 26.9. The number of fused-ring (bicyclic) bond motifs is 5. The summed E-state index contributed by atoms with van der Waals surface area (Å²) in [4.78, 5) is 3.80. The van der Waals surface area contributed by atoms with Gasteiger partial charge in [-0.25, -0.2) is 0 Å². The summed E-state index contributed by atoms with van der Waals surface area (Å²) in [7, 11) is 0. The summed E-state index contributed by atoms with van der Waals surface area (Å²) in [5.74, 6) is 3.20. The molecule has 0 aliphatic heterocycles. The molecule has 2 aliphatic rings. The maximum Gasteiger partial charge on any atom is 0.0544 e. The number of aromatic nitrogens is 1. The quantitative estimate of drug-likeness (QED) is 0.262. The fraction of sp³-hybridized carbons (Fsp3) is 0.211. The fourth-order valence-corrected chi connectivity index (χ4v) is 6.66. The smallest absolute Gasteiger partial charge is 0.0544 e. The highest BCUT2D eigenvalue weighted by atomic mass is 14.7. The van der Waals surface area contributed by atoms with Crippen molar-refractivity contribution in [1.29, 1.82) is 0 Å². The van der Waals surface area contributed by atoms with E-state index >= 15 is 0 Å². The molecule has 1 heteroatoms. The number of rotatable bonds is 5. The number of terminal acetylenes is 1. The van der Waals surface area contributed by atoms with Gasteiger partial charge in [0.05, 0.1) is 5.52 Å². The molecule has 0 atom stereocenters. The summed E-state index contributed by atoms with van der Waals surface area (Å²) >= 11 is 0. The van der Waals surface area contributed by atoms with Crippen molar-refractivity contribution < 1.29 is 0 Å². The number of aromatic amines is 1. The third-order valence-corrected chi connectivity index (χ3v) is 8.21. The van der Waals surface area contributed by atoms with E-state index in [1.165, 1.54) is 65.6 Å². The average Bonchev–Trinajstić information content (AvgIpc) is 3.37. The number of H-pyrrole nitrogens is 1. The normalized spacial score (nSPS) is 15.2. The molecule has 4 aromatic rings. The largest absolute Gasteiger partial charge is 0.354 e. The average molecular weight is 506 g/mol. The van der Waals surface area contributed by atoms with Crippen molar-refractivity contribution in [1.82, 2.24) is 4.98 Å². The molecule has 0 bridgehead atoms. The van der Waals surface area contributed by atoms with Crippen molar-refractivity contribution in [2.75, 3.05) is 0 Å². The van der Waals surface area contributed by atoms with Crippen LogP contribution >= 0.6 is 0 Å². The zero-order valence-corrected chi connectivity index (χ0v) is 23.2. The maximum absolute atomic E-state index is 6.45. The molecule has 192 valence electrons. The van der Waals surface area contributed by atoms with Crippen molar-refractivity contribution in [3.8, 4) is 12.3 Å². The van der Waals surface area contributed by atoms with E-state index in [2.05, 4.69) is 117 Å². The monoisotopic (exact) mass is 505 g/mol. The van der Waals surface area contributed by atoms with E-state index in [1.807, 2.05) is 0 Å². The van der Waals surface area contributed by atoms with Crippen molar-refractivity contribution in [2.45, 2.75) is 52.9 Å². The van der Waals surface area contributed by atoms with Crippen molar-refractivity contribution >= 4 is 51.0 Å². The number of hydrogen-bond donors (Lipinski definition) is 1. The third kappa shape index (κ3) is 4.03. The number of allylic oxidation sites excluding steroid dienone is 6. The minimum absolute atomic E-state index is 0.914. The van der Waals surface area contributed by atoms with Crippen LogP contribution < -0.4 is 10.6 Å². The van der Waals surface area contributed by atoms with E-state index in [0.717, 1.165) is 43.2 Å². The summed E-state index contributed by atoms with van der Waals surface area (Å²) in [6.45, 7) is 6.48. The Balaban J connectivity index is 1.82. The van der Waals surface area contributed by atoms with Crippen LogP contribution in [0, 0.1) is 12.3 Å². The van der Waals surface area contributed by atoms with E-state index in [-0.39, 0.29) is 0 Å². The van der Waals surface area contributed by atoms with Gasteiger partial charge in [-0.15, -0.1) is 6.42 Å². The molecule has 6 rings (SSSR count). The van der Waals surface area contributed by atoms with Gasteiger partial charge in [0.2, 0.25) is 0 Å². The van der Waals surface area contributed by atoms with Gasteiger partial charge < -0.3 is 4.98 Å². The first-order valence-electron chi connectivity index (χ1n) is 14.3. The maximum atomic E-state index is 6.45. The van der Waals surface area contributed by atoms with Crippen LogP contribution in [0.4, 0.5) is 0 Å². The zero-order valence-electron chi connectivity index (χ0n) is 23.2. The molecule has 0 unspecified atom stereocenters. The Kier molecular flexibility index (Phi) is 6.72. The van der Waals surface area contributed by atoms with Crippen LogP contribution in [0.5, 0.6) is 0 Å². The van der Waals surface area contributed by atoms with Crippen LogP contribution in [0.2, 0.25) is 0 Å². The van der Waals surface area contributed by atoms with Gasteiger partial charge in [-0.05, 0) is 90.3 Å². The van der Waals surface area contributed by atoms with Gasteiger partial charge >= 0.3 is 0 Å². The topological polar surface area (TPSA) is 15.8 Å². The Morgan fingerprint density at radius 3 is 2.46 bits per heavy atom. The molecule has 0 saturated heterocycles. The van der Waals surface area contributed by atoms with Gasteiger partial charge in [-0.3, -0.25) is 0 Å². The van der Waals surface area contributed by atoms with E-state index in [1.54, 1.807) is 0 Å². The summed E-state index contributed by atoms with van der Waals surface area (Å²) in [6, 6.07) is 13.2. The first-order valence-corrected chi connectivity index (χ1v) is 14.3. The standard InChI is InChI=1S/C38H35N/c1-5-15-30-27(7-3)36(28(8-4)31(16-6-2)35(30)26-18-10-9-11-19-26)32-21-14-22-34-37(32)33-24-23-25-17-12-13-20-29(25)38(33)39-34/h3,5-6,10,12-13,15-20,22-24,39H,8-9,11,14,21H2,1-2,4H3/b15-5-,16-6-. The summed E-state index contributed by atoms with van der Waals surface area (Å²) in [6.07, 6.45) is 29.6. The Bertz CT molecular complexity index is 1910. The molecular formula is C38H35N. The first-order chi connectivity index (χ1) is 19.2. The molecular weight excluding hydrogens is 470 g/mol. The van der Waals surface area contributed by atoms with E-state index in [0.29, 0.717) is 0 Å². The lowest BCUT2D eigenvalue weighted by atomic mass is 9.77. The Hall–Kier alpha value is -4.28. The van der Waals surface area contributed by atoms with Crippen LogP contribution in [0.25, 0.3) is 51.0 Å². The Morgan fingerprint density at radius 1 is 0.897 bits per heavy atom. The van der Waals surface area contributed by atoms with Gasteiger partial charge in [0.1, 0.15) is 0 Å². The highest BCUT2D eigenvalue weighted by molar-refractivity contribution is 6.07. The highest BCUT2D eigenvalue weighted by Gasteiger charge is 2.25. The van der Waals surface area contributed by atoms with Gasteiger partial charge in [0, 0.05) is 26.9 Å². The van der Waals surface area contributed by atoms with Gasteiger partial charge in [-0.2, -0.15) is 0 Å². The second-order valence-electron chi connectivity index (χ2n) is 10.4. The second-order valence-corrected chi connectivity index (χ2v) is 10.4. The van der Waals surface area contributed by atoms with Crippen LogP contribution in [0.15, 0.2) is 66.8 Å². The fourth-order valence-electron chi connectivity index (χ4n) is 6.66. The molecule has 0 fully saturated rings. The molecule has 0 radical (unpaired) electrons. The molecule has 3 aromatic carbocycles. The van der Waals surface area contributed by atoms with Crippen molar-refractivity contribution in [3.05, 3.63) is 111 Å². The first kappa shape index (κ1) is 25.0. The summed E-state index contributed by atoms with van der Waals surface area (Å²) < 4.78 is 0. The van der Waals surface area contributed by atoms with E-state index in [9.17, 15) is 0 Å². The molecule has 0 saturated carbocycles. The lowest BCUT2D eigenvalue weighted by Gasteiger charge is -2.25. The van der Waals surface area contributed by atoms with Crippen LogP contribution in [-0.4, -0.2) is 4.98 Å². The van der Waals surface area contributed by atoms with Gasteiger partial charge in [-0.1, -0.05) is 97.9 Å². The van der Waals surface area contributed by atoms with E-state index in [4.69, 9.17) is 6.42 Å². The minimum Gasteiger partial charge on any atom is -0.354 e. The van der Waals surface area contributed by atoms with Crippen molar-refractivity contribution in [3.63, 3.8) is 0 Å². The highest BCUT2D eigenvalue weighted by Crippen LogP contribution is 2.40. The minimum atomic E-state index is 0.914. The Labute approximate surface area is 231 Å². The molecule has 2 aliphatic carbocycles. The predicted octanol–water partition coefficient (Wildman–Crippen LogP) is 8.44. The van der Waals surface area contributed by atoms with Crippen LogP contribution in [0.1, 0.15) is 79.8 Å². The number of hydrogen-bond acceptors (Lipinski definition) is 0. The Morgan fingerprint density at radius 2 is 1.72 bits per heavy atom. The molecule has 1 aromatic heterocycles. The van der Waals surface area contributed by atoms with Crippen molar-refractivity contribution in [2.24, 2.45) is 0 Å². The van der Waals surface area contributed by atoms with E-state index < -0.39 is 0 Å². The van der Waals surface area contributed by atoms with Crippen LogP contribution in [0.3, 0.4) is 0 Å². The molecule has 0 amide bonds. The molecule has 39 heavy (non-hydrogen) atoms. The number of nitrogens with one attached hydrogen (secondary N) is 1. The summed E-state index contributed by atoms with van der Waals surface area (Å²) in [5, 5.41) is 6.33. The predicted molar refractivity (Wildman–Crippen MR) is 171 cm³/mol. The van der Waals surface area contributed by atoms with Gasteiger partial charge in [0.25, 0.3) is 0 Å². The molecule has 0 spiro atoms. The lowest BCUT2D eigenvalue weighted by Crippen LogP contribution is -2.29. The van der Waals surface area contributed by atoms with Crippen LogP contribution in [-0.2, 0) is 6.42 Å². The van der Waals surface area contributed by atoms with Gasteiger partial charge in [0.15, 0.2) is 0 Å². The molecule has 1 heterocycles. The molecule has 1 nitrogen and oxygen atoms in total. The lowest BCUT2D eigenvalue weighted by molar-refractivity contribution is 1.03. The summed E-state index contributed by atoms with van der Waals surface area (Å²) in [5.41, 5.74) is 11.2.